The topological polar surface area (TPSA) is 117 Å². The van der Waals surface area contributed by atoms with Crippen LogP contribution in [-0.4, -0.2) is 64.7 Å². The van der Waals surface area contributed by atoms with E-state index in [-0.39, 0.29) is 24.3 Å². The van der Waals surface area contributed by atoms with E-state index in [2.05, 4.69) is 10.6 Å². The van der Waals surface area contributed by atoms with Crippen molar-refractivity contribution in [3.63, 3.8) is 0 Å². The fraction of sp³-hybridized carbons (Fsp3) is 0.531. The summed E-state index contributed by atoms with van der Waals surface area (Å²) in [6.45, 7) is 4.90. The van der Waals surface area contributed by atoms with Crippen molar-refractivity contribution < 1.29 is 29.0 Å². The van der Waals surface area contributed by atoms with Crippen molar-refractivity contribution in [2.24, 2.45) is 11.8 Å². The normalized spacial score (nSPS) is 27.7. The molecular formula is C32H40ClN3O6. The van der Waals surface area contributed by atoms with Crippen LogP contribution in [0, 0.1) is 11.8 Å². The summed E-state index contributed by atoms with van der Waals surface area (Å²) in [6.07, 6.45) is 4.62. The van der Waals surface area contributed by atoms with E-state index in [9.17, 15) is 14.4 Å². The van der Waals surface area contributed by atoms with Crippen molar-refractivity contribution in [3.05, 3.63) is 53.6 Å². The van der Waals surface area contributed by atoms with Crippen LogP contribution in [0.2, 0.25) is 5.02 Å². The van der Waals surface area contributed by atoms with Crippen molar-refractivity contribution in [3.8, 4) is 5.75 Å². The molecule has 1 spiro atoms. The van der Waals surface area contributed by atoms with Crippen molar-refractivity contribution >= 4 is 40.7 Å². The minimum atomic E-state index is -1.12. The summed E-state index contributed by atoms with van der Waals surface area (Å²) in [5.41, 5.74) is -0.900. The molecule has 0 aliphatic carbocycles. The van der Waals surface area contributed by atoms with Gasteiger partial charge in [0.2, 0.25) is 17.7 Å². The number of hydrogen-bond donors (Lipinski definition) is 3. The quantitative estimate of drug-likeness (QED) is 0.279. The zero-order chi connectivity index (χ0) is 29.9. The van der Waals surface area contributed by atoms with Gasteiger partial charge in [-0.2, -0.15) is 0 Å². The molecule has 3 heterocycles. The number of para-hydroxylation sites is 1. The van der Waals surface area contributed by atoms with Crippen LogP contribution in [-0.2, 0) is 19.1 Å². The van der Waals surface area contributed by atoms with Gasteiger partial charge in [0.05, 0.1) is 34.8 Å². The fourth-order valence-electron chi connectivity index (χ4n) is 7.19. The van der Waals surface area contributed by atoms with Gasteiger partial charge in [0.25, 0.3) is 0 Å². The maximum Gasteiger partial charge on any atom is 0.250 e. The van der Waals surface area contributed by atoms with E-state index < -0.39 is 29.1 Å². The molecule has 2 aromatic rings. The van der Waals surface area contributed by atoms with E-state index in [1.165, 1.54) is 0 Å². The summed E-state index contributed by atoms with van der Waals surface area (Å²) in [6, 6.07) is 13.2. The van der Waals surface area contributed by atoms with Gasteiger partial charge in [0.15, 0.2) is 0 Å². The first-order valence-electron chi connectivity index (χ1n) is 15.0. The molecule has 0 aromatic heterocycles. The smallest absolute Gasteiger partial charge is 0.250 e. The maximum atomic E-state index is 14.3. The third-order valence-corrected chi connectivity index (χ3v) is 9.41. The Morgan fingerprint density at radius 1 is 1.02 bits per heavy atom. The van der Waals surface area contributed by atoms with Crippen LogP contribution in [0.15, 0.2) is 48.5 Å². The third kappa shape index (κ3) is 5.38. The number of unbranched alkanes of at least 4 members (excludes halogenated alkanes) is 3. The highest BCUT2D eigenvalue weighted by Gasteiger charge is 2.78. The van der Waals surface area contributed by atoms with Crippen LogP contribution in [0.3, 0.4) is 0 Å². The number of aliphatic hydroxyl groups is 1. The molecule has 2 unspecified atom stereocenters. The Balaban J connectivity index is 1.45. The van der Waals surface area contributed by atoms with Crippen LogP contribution in [0.5, 0.6) is 5.75 Å². The molecule has 0 saturated carbocycles. The lowest BCUT2D eigenvalue weighted by atomic mass is 9.65. The number of aliphatic hydroxyl groups excluding tert-OH is 1. The van der Waals surface area contributed by atoms with Crippen molar-refractivity contribution in [2.45, 2.75) is 76.0 Å². The predicted octanol–water partition coefficient (Wildman–Crippen LogP) is 5.02. The van der Waals surface area contributed by atoms with Crippen LogP contribution >= 0.6 is 11.6 Å². The number of rotatable bonds is 13. The second-order valence-corrected chi connectivity index (χ2v) is 11.8. The van der Waals surface area contributed by atoms with Gasteiger partial charge in [0.1, 0.15) is 17.4 Å². The summed E-state index contributed by atoms with van der Waals surface area (Å²) >= 11 is 6.37. The Kier molecular flexibility index (Phi) is 9.11. The minimum absolute atomic E-state index is 0.120. The zero-order valence-electron chi connectivity index (χ0n) is 24.2. The molecular weight excluding hydrogens is 558 g/mol. The first-order valence-corrected chi connectivity index (χ1v) is 15.4. The standard InChI is InChI=1S/C32H40ClN3O6/c1-3-31-17-18-32(42-31)26(25(31)28(38)34-21-13-15-22(16-14-21)41-4-2)30(40)36(19-9-5-6-10-20-37)27(32)29(39)35-24-12-8-7-11-23(24)33/h7-8,11-16,25-27,37H,3-6,9-10,17-20H2,1-2H3,(H,34,38)(H,35,39)/t25-,26+,27?,31+,32?/m1/s1. The van der Waals surface area contributed by atoms with Crippen molar-refractivity contribution in [2.75, 3.05) is 30.4 Å². The molecule has 226 valence electrons. The molecule has 3 fully saturated rings. The van der Waals surface area contributed by atoms with Crippen molar-refractivity contribution in [1.29, 1.82) is 0 Å². The van der Waals surface area contributed by atoms with E-state index in [4.69, 9.17) is 26.2 Å². The average molecular weight is 598 g/mol. The maximum absolute atomic E-state index is 14.3. The molecule has 5 rings (SSSR count). The molecule has 2 aromatic carbocycles. The van der Waals surface area contributed by atoms with Gasteiger partial charge in [-0.1, -0.05) is 43.5 Å². The summed E-state index contributed by atoms with van der Waals surface area (Å²) in [7, 11) is 0. The van der Waals surface area contributed by atoms with E-state index in [1.54, 1.807) is 53.4 Å². The number of fused-ring (bicyclic) bond motifs is 1. The van der Waals surface area contributed by atoms with Gasteiger partial charge >= 0.3 is 0 Å². The molecule has 5 atom stereocenters. The van der Waals surface area contributed by atoms with Crippen LogP contribution in [0.25, 0.3) is 0 Å². The van der Waals surface area contributed by atoms with Gasteiger partial charge < -0.3 is 30.1 Å². The number of nitrogens with one attached hydrogen (secondary N) is 2. The molecule has 0 radical (unpaired) electrons. The third-order valence-electron chi connectivity index (χ3n) is 9.08. The number of benzene rings is 2. The second kappa shape index (κ2) is 12.6. The number of carbonyl (C=O) groups excluding carboxylic acids is 3. The van der Waals surface area contributed by atoms with E-state index in [1.807, 2.05) is 13.8 Å². The highest BCUT2D eigenvalue weighted by molar-refractivity contribution is 6.33. The van der Waals surface area contributed by atoms with E-state index in [0.717, 1.165) is 12.8 Å². The van der Waals surface area contributed by atoms with E-state index in [0.29, 0.717) is 67.4 Å². The molecule has 2 bridgehead atoms. The first kappa shape index (κ1) is 30.3. The second-order valence-electron chi connectivity index (χ2n) is 11.4. The zero-order valence-corrected chi connectivity index (χ0v) is 25.0. The summed E-state index contributed by atoms with van der Waals surface area (Å²) < 4.78 is 12.3. The Bertz CT molecular complexity index is 1310. The predicted molar refractivity (Wildman–Crippen MR) is 160 cm³/mol. The van der Waals surface area contributed by atoms with Gasteiger partial charge in [-0.15, -0.1) is 0 Å². The molecule has 3 aliphatic heterocycles. The lowest BCUT2D eigenvalue weighted by Crippen LogP contribution is -2.53. The minimum Gasteiger partial charge on any atom is -0.494 e. The Labute approximate surface area is 251 Å². The molecule has 3 amide bonds. The van der Waals surface area contributed by atoms with E-state index >= 15 is 0 Å². The van der Waals surface area contributed by atoms with Crippen LogP contribution < -0.4 is 15.4 Å². The Morgan fingerprint density at radius 2 is 1.76 bits per heavy atom. The van der Waals surface area contributed by atoms with Crippen LogP contribution in [0.4, 0.5) is 11.4 Å². The van der Waals surface area contributed by atoms with Crippen molar-refractivity contribution in [1.82, 2.24) is 4.90 Å². The lowest BCUT2D eigenvalue weighted by Gasteiger charge is -2.34. The number of anilines is 2. The number of nitrogens with zero attached hydrogens (tertiary/aromatic N) is 1. The van der Waals surface area contributed by atoms with Gasteiger partial charge in [-0.05, 0) is 75.4 Å². The highest BCUT2D eigenvalue weighted by atomic mass is 35.5. The number of halogens is 1. The van der Waals surface area contributed by atoms with Gasteiger partial charge in [-0.3, -0.25) is 14.4 Å². The molecule has 3 aliphatic rings. The SMILES string of the molecule is CCOc1ccc(NC(=O)[C@H]2[C@H]3C(=O)N(CCCCCCO)C(C(=O)Nc4ccccc4Cl)C34CC[C@]2(CC)O4)cc1. The summed E-state index contributed by atoms with van der Waals surface area (Å²) in [5, 5.41) is 15.5. The molecule has 10 heteroatoms. The molecule has 42 heavy (non-hydrogen) atoms. The number of ether oxygens (including phenoxy) is 2. The molecule has 9 nitrogen and oxygen atoms in total. The number of hydrogen-bond acceptors (Lipinski definition) is 6. The number of likely N-dealkylation sites (tertiary alicyclic amines) is 1. The highest BCUT2D eigenvalue weighted by Crippen LogP contribution is 2.64. The van der Waals surface area contributed by atoms with Crippen LogP contribution in [0.1, 0.15) is 58.8 Å². The fourth-order valence-corrected chi connectivity index (χ4v) is 7.37. The summed E-state index contributed by atoms with van der Waals surface area (Å²) in [5.74, 6) is -1.70. The monoisotopic (exact) mass is 597 g/mol. The van der Waals surface area contributed by atoms with Gasteiger partial charge in [0, 0.05) is 18.8 Å². The molecule has 3 N–H and O–H groups in total. The number of carbonyl (C=O) groups is 3. The van der Waals surface area contributed by atoms with Gasteiger partial charge in [-0.25, -0.2) is 0 Å². The number of amides is 3. The average Bonchev–Trinajstić information content (AvgIpc) is 3.59. The Morgan fingerprint density at radius 3 is 2.45 bits per heavy atom. The summed E-state index contributed by atoms with van der Waals surface area (Å²) in [4.78, 5) is 43.9. The largest absolute Gasteiger partial charge is 0.494 e. The first-order chi connectivity index (χ1) is 20.3. The Hall–Kier alpha value is -3.14. The lowest BCUT2D eigenvalue weighted by molar-refractivity contribution is -0.144. The molecule has 3 saturated heterocycles.